The Labute approximate surface area is 123 Å². The molecule has 0 amide bonds. The van der Waals surface area contributed by atoms with Crippen LogP contribution in [0, 0.1) is 0 Å². The molecule has 3 nitrogen and oxygen atoms in total. The standard InChI is InChI=1S/C13H7Cl3N2O/c14-6-1-2-12(19)7(3-6)13-17-10-4-8(15)9(16)5-11(10)18-13/h1-5,19H,(H,17,18). The van der Waals surface area contributed by atoms with Gasteiger partial charge in [0.2, 0.25) is 0 Å². The Balaban J connectivity index is 2.23. The molecular weight excluding hydrogens is 307 g/mol. The molecule has 2 N–H and O–H groups in total. The summed E-state index contributed by atoms with van der Waals surface area (Å²) in [5.41, 5.74) is 1.93. The van der Waals surface area contributed by atoms with E-state index in [0.29, 0.717) is 32.0 Å². The van der Waals surface area contributed by atoms with Gasteiger partial charge in [0.1, 0.15) is 11.6 Å². The van der Waals surface area contributed by atoms with Crippen molar-refractivity contribution in [3.8, 4) is 17.1 Å². The molecule has 96 valence electrons. The Morgan fingerprint density at radius 3 is 2.53 bits per heavy atom. The summed E-state index contributed by atoms with van der Waals surface area (Å²) in [4.78, 5) is 7.44. The molecular formula is C13H7Cl3N2O. The molecule has 0 spiro atoms. The van der Waals surface area contributed by atoms with Gasteiger partial charge in [-0.05, 0) is 30.3 Å². The fourth-order valence-electron chi connectivity index (χ4n) is 1.83. The van der Waals surface area contributed by atoms with Crippen LogP contribution in [0.15, 0.2) is 30.3 Å². The van der Waals surface area contributed by atoms with E-state index in [0.717, 1.165) is 5.52 Å². The van der Waals surface area contributed by atoms with Crippen LogP contribution in [0.2, 0.25) is 15.1 Å². The van der Waals surface area contributed by atoms with Crippen molar-refractivity contribution in [1.29, 1.82) is 0 Å². The van der Waals surface area contributed by atoms with E-state index < -0.39 is 0 Å². The number of nitrogens with zero attached hydrogens (tertiary/aromatic N) is 1. The second-order valence-corrected chi connectivity index (χ2v) is 5.28. The second kappa shape index (κ2) is 4.60. The summed E-state index contributed by atoms with van der Waals surface area (Å²) in [6.07, 6.45) is 0. The number of hydrogen-bond donors (Lipinski definition) is 2. The third-order valence-corrected chi connectivity index (χ3v) is 3.69. The topological polar surface area (TPSA) is 48.9 Å². The fourth-order valence-corrected chi connectivity index (χ4v) is 2.32. The van der Waals surface area contributed by atoms with E-state index in [1.165, 1.54) is 6.07 Å². The summed E-state index contributed by atoms with van der Waals surface area (Å²) < 4.78 is 0. The van der Waals surface area contributed by atoms with Crippen molar-refractivity contribution >= 4 is 45.8 Å². The van der Waals surface area contributed by atoms with Crippen LogP contribution in [-0.4, -0.2) is 15.1 Å². The molecule has 3 aromatic rings. The maximum Gasteiger partial charge on any atom is 0.142 e. The van der Waals surface area contributed by atoms with Crippen molar-refractivity contribution < 1.29 is 5.11 Å². The highest BCUT2D eigenvalue weighted by Gasteiger charge is 2.11. The molecule has 0 aliphatic heterocycles. The molecule has 3 rings (SSSR count). The van der Waals surface area contributed by atoms with Gasteiger partial charge in [-0.3, -0.25) is 0 Å². The highest BCUT2D eigenvalue weighted by molar-refractivity contribution is 6.42. The third-order valence-electron chi connectivity index (χ3n) is 2.74. The molecule has 0 aliphatic carbocycles. The molecule has 0 saturated heterocycles. The number of aromatic amines is 1. The molecule has 0 atom stereocenters. The SMILES string of the molecule is Oc1ccc(Cl)cc1-c1nc2cc(Cl)c(Cl)cc2[nH]1. The normalized spacial score (nSPS) is 11.1. The van der Waals surface area contributed by atoms with Gasteiger partial charge in [-0.25, -0.2) is 4.98 Å². The number of aromatic nitrogens is 2. The van der Waals surface area contributed by atoms with Crippen LogP contribution in [0.4, 0.5) is 0 Å². The van der Waals surface area contributed by atoms with Crippen LogP contribution in [0.1, 0.15) is 0 Å². The van der Waals surface area contributed by atoms with Crippen LogP contribution in [0.25, 0.3) is 22.4 Å². The zero-order chi connectivity index (χ0) is 13.6. The van der Waals surface area contributed by atoms with Gasteiger partial charge >= 0.3 is 0 Å². The lowest BCUT2D eigenvalue weighted by molar-refractivity contribution is 0.477. The Morgan fingerprint density at radius 2 is 1.74 bits per heavy atom. The predicted molar refractivity (Wildman–Crippen MR) is 78.2 cm³/mol. The number of rotatable bonds is 1. The van der Waals surface area contributed by atoms with E-state index in [1.807, 2.05) is 0 Å². The lowest BCUT2D eigenvalue weighted by Gasteiger charge is -2.00. The minimum Gasteiger partial charge on any atom is -0.507 e. The van der Waals surface area contributed by atoms with Crippen LogP contribution >= 0.6 is 34.8 Å². The van der Waals surface area contributed by atoms with E-state index in [9.17, 15) is 5.11 Å². The average Bonchev–Trinajstić information content (AvgIpc) is 2.75. The zero-order valence-corrected chi connectivity index (χ0v) is 11.7. The van der Waals surface area contributed by atoms with Gasteiger partial charge in [0, 0.05) is 5.02 Å². The Bertz CT molecular complexity index is 744. The number of H-pyrrole nitrogens is 1. The van der Waals surface area contributed by atoms with Crippen molar-refractivity contribution in [3.63, 3.8) is 0 Å². The van der Waals surface area contributed by atoms with Gasteiger partial charge in [0.25, 0.3) is 0 Å². The Hall–Kier alpha value is -1.42. The maximum absolute atomic E-state index is 9.85. The Kier molecular flexibility index (Phi) is 3.05. The number of phenols is 1. The molecule has 0 bridgehead atoms. The summed E-state index contributed by atoms with van der Waals surface area (Å²) >= 11 is 17.8. The zero-order valence-electron chi connectivity index (χ0n) is 9.42. The van der Waals surface area contributed by atoms with E-state index >= 15 is 0 Å². The number of imidazole rings is 1. The van der Waals surface area contributed by atoms with Crippen molar-refractivity contribution in [3.05, 3.63) is 45.4 Å². The van der Waals surface area contributed by atoms with E-state index in [4.69, 9.17) is 34.8 Å². The van der Waals surface area contributed by atoms with Gasteiger partial charge < -0.3 is 10.1 Å². The van der Waals surface area contributed by atoms with Gasteiger partial charge in [-0.1, -0.05) is 34.8 Å². The van der Waals surface area contributed by atoms with Crippen molar-refractivity contribution in [2.45, 2.75) is 0 Å². The summed E-state index contributed by atoms with van der Waals surface area (Å²) in [6, 6.07) is 8.12. The fraction of sp³-hybridized carbons (Fsp3) is 0. The smallest absolute Gasteiger partial charge is 0.142 e. The first-order valence-electron chi connectivity index (χ1n) is 5.38. The van der Waals surface area contributed by atoms with E-state index in [2.05, 4.69) is 9.97 Å². The predicted octanol–water partition coefficient (Wildman–Crippen LogP) is 4.90. The van der Waals surface area contributed by atoms with Gasteiger partial charge in [-0.2, -0.15) is 0 Å². The third kappa shape index (κ3) is 2.25. The molecule has 6 heteroatoms. The average molecular weight is 314 g/mol. The minimum atomic E-state index is 0.0978. The van der Waals surface area contributed by atoms with Crippen molar-refractivity contribution in [2.75, 3.05) is 0 Å². The van der Waals surface area contributed by atoms with Crippen molar-refractivity contribution in [1.82, 2.24) is 9.97 Å². The molecule has 1 aromatic heterocycles. The number of hydrogen-bond acceptors (Lipinski definition) is 2. The van der Waals surface area contributed by atoms with Crippen LogP contribution in [-0.2, 0) is 0 Å². The molecule has 2 aromatic carbocycles. The first-order valence-corrected chi connectivity index (χ1v) is 6.51. The molecule has 0 aliphatic rings. The molecule has 1 heterocycles. The molecule has 0 unspecified atom stereocenters. The number of fused-ring (bicyclic) bond motifs is 1. The first-order chi connectivity index (χ1) is 9.04. The van der Waals surface area contributed by atoms with Gasteiger partial charge in [-0.15, -0.1) is 0 Å². The highest BCUT2D eigenvalue weighted by Crippen LogP contribution is 2.33. The number of phenolic OH excluding ortho intramolecular Hbond substituents is 1. The van der Waals surface area contributed by atoms with Crippen molar-refractivity contribution in [2.24, 2.45) is 0 Å². The van der Waals surface area contributed by atoms with Gasteiger partial charge in [0.05, 0.1) is 26.6 Å². The second-order valence-electron chi connectivity index (χ2n) is 4.03. The highest BCUT2D eigenvalue weighted by atomic mass is 35.5. The quantitative estimate of drug-likeness (QED) is 0.671. The molecule has 0 saturated carbocycles. The maximum atomic E-state index is 9.85. The number of aromatic hydroxyl groups is 1. The lowest BCUT2D eigenvalue weighted by Crippen LogP contribution is -1.81. The van der Waals surface area contributed by atoms with Gasteiger partial charge in [0.15, 0.2) is 0 Å². The summed E-state index contributed by atoms with van der Waals surface area (Å²) in [7, 11) is 0. The van der Waals surface area contributed by atoms with Crippen LogP contribution in [0.5, 0.6) is 5.75 Å². The summed E-state index contributed by atoms with van der Waals surface area (Å²) in [5.74, 6) is 0.606. The van der Waals surface area contributed by atoms with Crippen LogP contribution in [0.3, 0.4) is 0 Å². The largest absolute Gasteiger partial charge is 0.507 e. The summed E-state index contributed by atoms with van der Waals surface area (Å²) in [6.45, 7) is 0. The molecule has 19 heavy (non-hydrogen) atoms. The number of halogens is 3. The number of nitrogens with one attached hydrogen (secondary N) is 1. The number of benzene rings is 2. The monoisotopic (exact) mass is 312 g/mol. The van der Waals surface area contributed by atoms with Crippen LogP contribution < -0.4 is 0 Å². The van der Waals surface area contributed by atoms with E-state index in [1.54, 1.807) is 24.3 Å². The molecule has 0 fully saturated rings. The van der Waals surface area contributed by atoms with E-state index in [-0.39, 0.29) is 5.75 Å². The lowest BCUT2D eigenvalue weighted by atomic mass is 10.2. The Morgan fingerprint density at radius 1 is 1.00 bits per heavy atom. The molecule has 0 radical (unpaired) electrons. The first kappa shape index (κ1) is 12.6. The summed E-state index contributed by atoms with van der Waals surface area (Å²) in [5, 5.41) is 11.2. The minimum absolute atomic E-state index is 0.0978.